The molecule has 0 saturated heterocycles. The zero-order valence-corrected chi connectivity index (χ0v) is 23.8. The normalized spacial score (nSPS) is 18.7. The highest BCUT2D eigenvalue weighted by Crippen LogP contribution is 2.39. The van der Waals surface area contributed by atoms with Crippen LogP contribution in [0.15, 0.2) is 72.3 Å². The molecule has 6 nitrogen and oxygen atoms in total. The Kier molecular flexibility index (Phi) is 8.02. The van der Waals surface area contributed by atoms with Crippen molar-refractivity contribution in [1.82, 2.24) is 4.90 Å². The van der Waals surface area contributed by atoms with Gasteiger partial charge in [0.15, 0.2) is 11.6 Å². The van der Waals surface area contributed by atoms with E-state index >= 15 is 0 Å². The van der Waals surface area contributed by atoms with Gasteiger partial charge in [0.2, 0.25) is 0 Å². The molecule has 1 heterocycles. The van der Waals surface area contributed by atoms with E-state index in [0.717, 1.165) is 25.7 Å². The van der Waals surface area contributed by atoms with Gasteiger partial charge in [0, 0.05) is 50.7 Å². The zero-order chi connectivity index (χ0) is 29.3. The number of imide groups is 1. The number of nitrogens with zero attached hydrogens (tertiary/aromatic N) is 1. The number of amides is 2. The Balaban J connectivity index is 1.73. The number of hydrogen-bond donors (Lipinski definition) is 1. The van der Waals surface area contributed by atoms with Crippen molar-refractivity contribution in [2.24, 2.45) is 11.8 Å². The van der Waals surface area contributed by atoms with E-state index in [1.165, 1.54) is 11.0 Å². The van der Waals surface area contributed by atoms with E-state index in [1.54, 1.807) is 54.6 Å². The second-order valence-electron chi connectivity index (χ2n) is 11.1. The van der Waals surface area contributed by atoms with E-state index < -0.39 is 11.8 Å². The Labute approximate surface area is 240 Å². The third kappa shape index (κ3) is 5.15. The van der Waals surface area contributed by atoms with E-state index in [2.05, 4.69) is 13.8 Å². The van der Waals surface area contributed by atoms with Crippen molar-refractivity contribution >= 4 is 39.9 Å². The summed E-state index contributed by atoms with van der Waals surface area (Å²) >= 11 is 0. The maximum absolute atomic E-state index is 13.9. The molecule has 1 N–H and O–H groups in total. The first-order valence-electron chi connectivity index (χ1n) is 14.5. The average Bonchev–Trinajstić information content (AvgIpc) is 3.00. The molecule has 2 atom stereocenters. The SMILES string of the molecule is CCCCC(CC)CN1C(=O)c2ccc(C(=O)c3ccccc3)c3c(C(O)=C4CC(C)C=CC4=O)ccc(c23)C1=O. The summed E-state index contributed by atoms with van der Waals surface area (Å²) in [6.07, 6.45) is 7.44. The molecule has 5 rings (SSSR count). The standard InChI is InChI=1S/C35H35NO5/c1-4-6-10-22(5-2)20-36-34(40)26-16-14-24(32(38)23-11-8-7-9-12-23)30-25(15-17-27(31(26)30)35(36)41)33(39)28-19-21(3)13-18-29(28)37/h7-9,11-18,21-22,39H,4-6,10,19-20H2,1-3H3. The Morgan fingerprint density at radius 2 is 1.59 bits per heavy atom. The van der Waals surface area contributed by atoms with Gasteiger partial charge in [0.05, 0.1) is 0 Å². The van der Waals surface area contributed by atoms with Gasteiger partial charge in [-0.25, -0.2) is 0 Å². The predicted molar refractivity (Wildman–Crippen MR) is 160 cm³/mol. The van der Waals surface area contributed by atoms with E-state index in [4.69, 9.17) is 0 Å². The van der Waals surface area contributed by atoms with Crippen LogP contribution in [0.4, 0.5) is 0 Å². The lowest BCUT2D eigenvalue weighted by molar-refractivity contribution is -0.111. The maximum Gasteiger partial charge on any atom is 0.261 e. The molecule has 2 amide bonds. The Hall–Kier alpha value is -4.32. The zero-order valence-electron chi connectivity index (χ0n) is 23.8. The highest BCUT2D eigenvalue weighted by Gasteiger charge is 2.36. The van der Waals surface area contributed by atoms with Crippen LogP contribution >= 0.6 is 0 Å². The first-order chi connectivity index (χ1) is 19.8. The number of carbonyl (C=O) groups is 4. The lowest BCUT2D eigenvalue weighted by atomic mass is 9.83. The van der Waals surface area contributed by atoms with Crippen molar-refractivity contribution in [2.75, 3.05) is 6.54 Å². The predicted octanol–water partition coefficient (Wildman–Crippen LogP) is 7.32. The molecular weight excluding hydrogens is 514 g/mol. The number of rotatable bonds is 9. The van der Waals surface area contributed by atoms with Gasteiger partial charge in [0.1, 0.15) is 5.76 Å². The summed E-state index contributed by atoms with van der Waals surface area (Å²) in [5.41, 5.74) is 1.83. The molecule has 1 aliphatic carbocycles. The molecule has 2 unspecified atom stereocenters. The number of hydrogen-bond acceptors (Lipinski definition) is 5. The van der Waals surface area contributed by atoms with Gasteiger partial charge in [-0.05, 0) is 55.0 Å². The molecule has 0 spiro atoms. The molecular formula is C35H35NO5. The highest BCUT2D eigenvalue weighted by atomic mass is 16.3. The molecule has 6 heteroatoms. The van der Waals surface area contributed by atoms with Crippen LogP contribution in [0, 0.1) is 11.8 Å². The molecule has 3 aromatic rings. The van der Waals surface area contributed by atoms with Crippen LogP contribution in [0.1, 0.15) is 95.1 Å². The molecule has 41 heavy (non-hydrogen) atoms. The topological polar surface area (TPSA) is 91.8 Å². The summed E-state index contributed by atoms with van der Waals surface area (Å²) in [6.45, 7) is 6.47. The summed E-state index contributed by atoms with van der Waals surface area (Å²) in [5, 5.41) is 12.2. The number of benzene rings is 3. The summed E-state index contributed by atoms with van der Waals surface area (Å²) in [6, 6.07) is 15.2. The number of ketones is 2. The van der Waals surface area contributed by atoms with Gasteiger partial charge in [-0.15, -0.1) is 0 Å². The number of aliphatic hydroxyl groups is 1. The average molecular weight is 550 g/mol. The van der Waals surface area contributed by atoms with Gasteiger partial charge in [-0.3, -0.25) is 24.1 Å². The largest absolute Gasteiger partial charge is 0.507 e. The van der Waals surface area contributed by atoms with Crippen molar-refractivity contribution in [3.63, 3.8) is 0 Å². The van der Waals surface area contributed by atoms with Crippen LogP contribution in [0.2, 0.25) is 0 Å². The van der Waals surface area contributed by atoms with Crippen LogP contribution < -0.4 is 0 Å². The summed E-state index contributed by atoms with van der Waals surface area (Å²) in [4.78, 5) is 55.6. The first kappa shape index (κ1) is 28.2. The minimum absolute atomic E-state index is 0.0474. The smallest absolute Gasteiger partial charge is 0.261 e. The molecule has 0 fully saturated rings. The monoisotopic (exact) mass is 549 g/mol. The molecule has 0 radical (unpaired) electrons. The van der Waals surface area contributed by atoms with Gasteiger partial charge in [0.25, 0.3) is 11.8 Å². The van der Waals surface area contributed by atoms with E-state index in [9.17, 15) is 24.3 Å². The fourth-order valence-electron chi connectivity index (χ4n) is 5.93. The molecule has 0 saturated carbocycles. The van der Waals surface area contributed by atoms with Crippen LogP contribution in [-0.2, 0) is 4.79 Å². The third-order valence-electron chi connectivity index (χ3n) is 8.32. The van der Waals surface area contributed by atoms with Crippen LogP contribution in [0.5, 0.6) is 0 Å². The quantitative estimate of drug-likeness (QED) is 0.131. The Morgan fingerprint density at radius 1 is 0.927 bits per heavy atom. The number of aliphatic hydroxyl groups excluding tert-OH is 1. The fourth-order valence-corrected chi connectivity index (χ4v) is 5.93. The van der Waals surface area contributed by atoms with Crippen molar-refractivity contribution in [3.05, 3.63) is 100 Å². The Bertz CT molecular complexity index is 1590. The summed E-state index contributed by atoms with van der Waals surface area (Å²) < 4.78 is 0. The van der Waals surface area contributed by atoms with Crippen molar-refractivity contribution in [1.29, 1.82) is 0 Å². The second-order valence-corrected chi connectivity index (χ2v) is 11.1. The van der Waals surface area contributed by atoms with Crippen molar-refractivity contribution < 1.29 is 24.3 Å². The number of carbonyl (C=O) groups excluding carboxylic acids is 4. The highest BCUT2D eigenvalue weighted by molar-refractivity contribution is 6.30. The lowest BCUT2D eigenvalue weighted by Crippen LogP contribution is -2.43. The molecule has 1 aliphatic heterocycles. The van der Waals surface area contributed by atoms with E-state index in [1.807, 2.05) is 13.0 Å². The van der Waals surface area contributed by atoms with Crippen LogP contribution in [0.25, 0.3) is 16.5 Å². The van der Waals surface area contributed by atoms with Gasteiger partial charge >= 0.3 is 0 Å². The number of unbranched alkanes of at least 4 members (excludes halogenated alkanes) is 1. The second kappa shape index (κ2) is 11.7. The van der Waals surface area contributed by atoms with Gasteiger partial charge in [-0.1, -0.05) is 76.4 Å². The molecule has 0 aromatic heterocycles. The summed E-state index contributed by atoms with van der Waals surface area (Å²) in [5.74, 6) is -1.40. The molecule has 2 aliphatic rings. The fraction of sp³-hybridized carbons (Fsp3) is 0.314. The Morgan fingerprint density at radius 3 is 2.22 bits per heavy atom. The van der Waals surface area contributed by atoms with E-state index in [-0.39, 0.29) is 45.9 Å². The lowest BCUT2D eigenvalue weighted by Gasteiger charge is -2.31. The van der Waals surface area contributed by atoms with Crippen molar-refractivity contribution in [2.45, 2.75) is 52.9 Å². The van der Waals surface area contributed by atoms with Crippen LogP contribution in [-0.4, -0.2) is 39.9 Å². The minimum Gasteiger partial charge on any atom is -0.507 e. The van der Waals surface area contributed by atoms with E-state index in [0.29, 0.717) is 40.4 Å². The van der Waals surface area contributed by atoms with Crippen molar-refractivity contribution in [3.8, 4) is 0 Å². The molecule has 0 bridgehead atoms. The van der Waals surface area contributed by atoms with Gasteiger partial charge < -0.3 is 5.11 Å². The summed E-state index contributed by atoms with van der Waals surface area (Å²) in [7, 11) is 0. The molecule has 210 valence electrons. The minimum atomic E-state index is -0.407. The van der Waals surface area contributed by atoms with Crippen LogP contribution in [0.3, 0.4) is 0 Å². The number of allylic oxidation sites excluding steroid dienone is 3. The third-order valence-corrected chi connectivity index (χ3v) is 8.32. The first-order valence-corrected chi connectivity index (χ1v) is 14.5. The molecule has 3 aromatic carbocycles. The van der Waals surface area contributed by atoms with Gasteiger partial charge in [-0.2, -0.15) is 0 Å². The maximum atomic E-state index is 13.9.